The van der Waals surface area contributed by atoms with Gasteiger partial charge >= 0.3 is 5.97 Å². The van der Waals surface area contributed by atoms with Gasteiger partial charge in [-0.1, -0.05) is 103 Å². The van der Waals surface area contributed by atoms with Gasteiger partial charge in [-0.25, -0.2) is 0 Å². The Labute approximate surface area is 149 Å². The van der Waals surface area contributed by atoms with Crippen LogP contribution in [0.5, 0.6) is 0 Å². The van der Waals surface area contributed by atoms with Gasteiger partial charge in [-0.05, 0) is 6.42 Å². The molecule has 140 valence electrons. The maximum absolute atomic E-state index is 11.0. The lowest BCUT2D eigenvalue weighted by Crippen LogP contribution is -2.26. The van der Waals surface area contributed by atoms with Crippen LogP contribution in [-0.4, -0.2) is 22.3 Å². The molecule has 0 amide bonds. The molecule has 0 aromatic heterocycles. The minimum Gasteiger partial charge on any atom is -0.481 e. The van der Waals surface area contributed by atoms with Gasteiger partial charge in [-0.15, -0.1) is 6.42 Å². The number of terminal acetylenes is 1. The van der Waals surface area contributed by atoms with E-state index in [0.717, 1.165) is 19.3 Å². The Balaban J connectivity index is 3.33. The zero-order chi connectivity index (χ0) is 18.0. The number of carboxylic acid groups (broad SMARTS) is 1. The van der Waals surface area contributed by atoms with E-state index in [1.807, 2.05) is 0 Å². The van der Waals surface area contributed by atoms with Crippen LogP contribution in [0.2, 0.25) is 0 Å². The van der Waals surface area contributed by atoms with E-state index in [0.29, 0.717) is 6.42 Å². The van der Waals surface area contributed by atoms with E-state index in [9.17, 15) is 9.90 Å². The maximum Gasteiger partial charge on any atom is 0.310 e. The Morgan fingerprint density at radius 1 is 0.833 bits per heavy atom. The molecule has 0 aromatic rings. The molecule has 0 unspecified atom stereocenters. The summed E-state index contributed by atoms with van der Waals surface area (Å²) in [6.07, 6.45) is 22.3. The van der Waals surface area contributed by atoms with Crippen molar-refractivity contribution < 1.29 is 15.0 Å². The van der Waals surface area contributed by atoms with E-state index >= 15 is 0 Å². The van der Waals surface area contributed by atoms with Crippen LogP contribution >= 0.6 is 0 Å². The Bertz CT molecular complexity index is 332. The third-order valence-corrected chi connectivity index (χ3v) is 4.74. The summed E-state index contributed by atoms with van der Waals surface area (Å²) in [7, 11) is 0. The molecule has 0 aliphatic rings. The maximum atomic E-state index is 11.0. The number of unbranched alkanes of at least 4 members (excludes halogenated alkanes) is 13. The van der Waals surface area contributed by atoms with Gasteiger partial charge in [-0.2, -0.15) is 0 Å². The minimum absolute atomic E-state index is 0.471. The lowest BCUT2D eigenvalue weighted by Gasteiger charge is -2.14. The standard InChI is InChI=1S/C21H38O3/c1-3-5-6-7-8-9-10-11-12-13-14-15-16-17-18-19(21(23)24)20(22)4-2/h2,19-20,22H,3,5-18H2,1H3,(H,23,24)/t19-,20+/m0/s1. The fourth-order valence-corrected chi connectivity index (χ4v) is 3.09. The van der Waals surface area contributed by atoms with Crippen LogP contribution in [0.3, 0.4) is 0 Å². The number of carboxylic acids is 1. The second-order valence-electron chi connectivity index (χ2n) is 6.94. The molecule has 0 heterocycles. The van der Waals surface area contributed by atoms with Crippen LogP contribution in [0.15, 0.2) is 0 Å². The van der Waals surface area contributed by atoms with Gasteiger partial charge in [0.2, 0.25) is 0 Å². The average molecular weight is 339 g/mol. The minimum atomic E-state index is -1.16. The molecule has 0 radical (unpaired) electrons. The van der Waals surface area contributed by atoms with Crippen molar-refractivity contribution in [1.29, 1.82) is 0 Å². The van der Waals surface area contributed by atoms with E-state index in [2.05, 4.69) is 12.8 Å². The summed E-state index contributed by atoms with van der Waals surface area (Å²) in [6.45, 7) is 2.26. The molecule has 3 nitrogen and oxygen atoms in total. The van der Waals surface area contributed by atoms with Gasteiger partial charge in [-0.3, -0.25) is 4.79 Å². The Kier molecular flexibility index (Phi) is 16.1. The number of rotatable bonds is 17. The Hall–Kier alpha value is -1.01. The number of hydrogen-bond donors (Lipinski definition) is 2. The highest BCUT2D eigenvalue weighted by Crippen LogP contribution is 2.17. The number of aliphatic carboxylic acids is 1. The predicted molar refractivity (Wildman–Crippen MR) is 101 cm³/mol. The highest BCUT2D eigenvalue weighted by atomic mass is 16.4. The zero-order valence-corrected chi connectivity index (χ0v) is 15.6. The van der Waals surface area contributed by atoms with Gasteiger partial charge < -0.3 is 10.2 Å². The van der Waals surface area contributed by atoms with Crippen molar-refractivity contribution in [3.05, 3.63) is 0 Å². The molecule has 0 aliphatic heterocycles. The summed E-state index contributed by atoms with van der Waals surface area (Å²) < 4.78 is 0. The van der Waals surface area contributed by atoms with Gasteiger partial charge in [0.1, 0.15) is 6.10 Å². The summed E-state index contributed by atoms with van der Waals surface area (Å²) in [4.78, 5) is 11.0. The zero-order valence-electron chi connectivity index (χ0n) is 15.6. The van der Waals surface area contributed by atoms with Gasteiger partial charge in [0.15, 0.2) is 0 Å². The first-order valence-corrected chi connectivity index (χ1v) is 10.0. The average Bonchev–Trinajstić information content (AvgIpc) is 2.57. The van der Waals surface area contributed by atoms with E-state index in [-0.39, 0.29) is 0 Å². The van der Waals surface area contributed by atoms with Crippen LogP contribution in [-0.2, 0) is 4.79 Å². The largest absolute Gasteiger partial charge is 0.481 e. The highest BCUT2D eigenvalue weighted by molar-refractivity contribution is 5.71. The third kappa shape index (κ3) is 13.4. The molecule has 0 saturated carbocycles. The van der Waals surface area contributed by atoms with Gasteiger partial charge in [0.05, 0.1) is 5.92 Å². The molecule has 0 fully saturated rings. The smallest absolute Gasteiger partial charge is 0.310 e. The predicted octanol–water partition coefficient (Wildman–Crippen LogP) is 5.55. The highest BCUT2D eigenvalue weighted by Gasteiger charge is 2.24. The number of aliphatic hydroxyl groups excluding tert-OH is 1. The van der Waals surface area contributed by atoms with Crippen molar-refractivity contribution in [3.8, 4) is 12.3 Å². The molecule has 3 heteroatoms. The molecule has 2 atom stereocenters. The fourth-order valence-electron chi connectivity index (χ4n) is 3.09. The van der Waals surface area contributed by atoms with Crippen LogP contribution < -0.4 is 0 Å². The molecule has 0 aromatic carbocycles. The number of aliphatic hydroxyl groups is 1. The molecule has 0 aliphatic carbocycles. The van der Waals surface area contributed by atoms with Gasteiger partial charge in [0, 0.05) is 0 Å². The lowest BCUT2D eigenvalue weighted by molar-refractivity contribution is -0.144. The Morgan fingerprint density at radius 3 is 1.54 bits per heavy atom. The first-order valence-electron chi connectivity index (χ1n) is 10.0. The van der Waals surface area contributed by atoms with Crippen LogP contribution in [0.4, 0.5) is 0 Å². The molecule has 2 N–H and O–H groups in total. The molecule has 0 spiro atoms. The van der Waals surface area contributed by atoms with Gasteiger partial charge in [0.25, 0.3) is 0 Å². The van der Waals surface area contributed by atoms with Crippen molar-refractivity contribution in [2.75, 3.05) is 0 Å². The summed E-state index contributed by atoms with van der Waals surface area (Å²) >= 11 is 0. The summed E-state index contributed by atoms with van der Waals surface area (Å²) in [5.41, 5.74) is 0. The monoisotopic (exact) mass is 338 g/mol. The third-order valence-electron chi connectivity index (χ3n) is 4.74. The normalized spacial score (nSPS) is 13.4. The molecule has 0 rings (SSSR count). The lowest BCUT2D eigenvalue weighted by atomic mass is 9.95. The summed E-state index contributed by atoms with van der Waals surface area (Å²) in [6, 6.07) is 0. The van der Waals surface area contributed by atoms with Crippen molar-refractivity contribution >= 4 is 5.97 Å². The van der Waals surface area contributed by atoms with Crippen molar-refractivity contribution in [2.45, 2.75) is 109 Å². The molecular weight excluding hydrogens is 300 g/mol. The second kappa shape index (κ2) is 16.8. The fraction of sp³-hybridized carbons (Fsp3) is 0.857. The van der Waals surface area contributed by atoms with Crippen LogP contribution in [0.25, 0.3) is 0 Å². The Morgan fingerprint density at radius 2 is 1.21 bits per heavy atom. The number of carbonyl (C=O) groups is 1. The second-order valence-corrected chi connectivity index (χ2v) is 6.94. The topological polar surface area (TPSA) is 57.5 Å². The van der Waals surface area contributed by atoms with Crippen molar-refractivity contribution in [1.82, 2.24) is 0 Å². The van der Waals surface area contributed by atoms with Crippen molar-refractivity contribution in [2.24, 2.45) is 5.92 Å². The van der Waals surface area contributed by atoms with Crippen LogP contribution in [0.1, 0.15) is 103 Å². The molecular formula is C21H38O3. The van der Waals surface area contributed by atoms with E-state index in [1.165, 1.54) is 70.6 Å². The van der Waals surface area contributed by atoms with E-state index in [4.69, 9.17) is 11.5 Å². The van der Waals surface area contributed by atoms with E-state index in [1.54, 1.807) is 0 Å². The van der Waals surface area contributed by atoms with Crippen LogP contribution in [0, 0.1) is 18.3 Å². The van der Waals surface area contributed by atoms with E-state index < -0.39 is 18.0 Å². The summed E-state index contributed by atoms with van der Waals surface area (Å²) in [5, 5.41) is 18.5. The summed E-state index contributed by atoms with van der Waals surface area (Å²) in [5.74, 6) is 0.317. The first-order chi connectivity index (χ1) is 11.6. The first kappa shape index (κ1) is 23.0. The quantitative estimate of drug-likeness (QED) is 0.270. The molecule has 0 saturated heterocycles. The number of hydrogen-bond acceptors (Lipinski definition) is 2. The molecule has 0 bridgehead atoms. The van der Waals surface area contributed by atoms with Crippen molar-refractivity contribution in [3.63, 3.8) is 0 Å². The molecule has 24 heavy (non-hydrogen) atoms. The SMILES string of the molecule is C#C[C@@H](O)[C@H](CCCCCCCCCCCCCCCC)C(=O)O.